The number of ether oxygens (including phenoxy) is 1. The SMILES string of the molecule is COc1cc(Cl)c(C)cc1NC(=O)c1cccc(C(=O)NC(C)C)c1. The zero-order valence-electron chi connectivity index (χ0n) is 14.6. The van der Waals surface area contributed by atoms with E-state index in [1.807, 2.05) is 20.8 Å². The van der Waals surface area contributed by atoms with Crippen molar-refractivity contribution in [3.63, 3.8) is 0 Å². The van der Waals surface area contributed by atoms with Crippen molar-refractivity contribution in [2.75, 3.05) is 12.4 Å². The van der Waals surface area contributed by atoms with E-state index in [1.165, 1.54) is 7.11 Å². The first-order chi connectivity index (χ1) is 11.8. The predicted molar refractivity (Wildman–Crippen MR) is 99.7 cm³/mol. The number of carbonyl (C=O) groups excluding carboxylic acids is 2. The van der Waals surface area contributed by atoms with Crippen LogP contribution in [0.5, 0.6) is 5.75 Å². The van der Waals surface area contributed by atoms with Crippen molar-refractivity contribution in [2.45, 2.75) is 26.8 Å². The van der Waals surface area contributed by atoms with Gasteiger partial charge in [0.15, 0.2) is 0 Å². The summed E-state index contributed by atoms with van der Waals surface area (Å²) in [5.74, 6) is -0.0820. The Hall–Kier alpha value is -2.53. The van der Waals surface area contributed by atoms with Crippen molar-refractivity contribution < 1.29 is 14.3 Å². The maximum Gasteiger partial charge on any atom is 0.255 e. The van der Waals surface area contributed by atoms with Crippen molar-refractivity contribution in [3.8, 4) is 5.75 Å². The largest absolute Gasteiger partial charge is 0.495 e. The number of amides is 2. The van der Waals surface area contributed by atoms with Crippen LogP contribution in [0.4, 0.5) is 5.69 Å². The molecule has 0 aromatic heterocycles. The number of anilines is 1. The lowest BCUT2D eigenvalue weighted by Gasteiger charge is -2.13. The number of benzene rings is 2. The molecule has 0 spiro atoms. The summed E-state index contributed by atoms with van der Waals surface area (Å²) < 4.78 is 5.26. The van der Waals surface area contributed by atoms with Crippen LogP contribution in [-0.2, 0) is 0 Å². The molecule has 0 radical (unpaired) electrons. The first kappa shape index (κ1) is 18.8. The van der Waals surface area contributed by atoms with Crippen LogP contribution in [0.2, 0.25) is 5.02 Å². The van der Waals surface area contributed by atoms with E-state index in [2.05, 4.69) is 10.6 Å². The fraction of sp³-hybridized carbons (Fsp3) is 0.263. The highest BCUT2D eigenvalue weighted by Gasteiger charge is 2.14. The Labute approximate surface area is 152 Å². The molecule has 0 atom stereocenters. The predicted octanol–water partition coefficient (Wildman–Crippen LogP) is 4.05. The highest BCUT2D eigenvalue weighted by atomic mass is 35.5. The molecular formula is C19H21ClN2O3. The summed E-state index contributed by atoms with van der Waals surface area (Å²) in [6.45, 7) is 5.60. The summed E-state index contributed by atoms with van der Waals surface area (Å²) in [5, 5.41) is 6.16. The first-order valence-electron chi connectivity index (χ1n) is 7.88. The summed E-state index contributed by atoms with van der Waals surface area (Å²) in [7, 11) is 1.51. The standard InChI is InChI=1S/C19H21ClN2O3/c1-11(2)21-18(23)13-6-5-7-14(9-13)19(24)22-16-8-12(3)15(20)10-17(16)25-4/h5-11H,1-4H3,(H,21,23)(H,22,24). The van der Waals surface area contributed by atoms with Crippen LogP contribution < -0.4 is 15.4 Å². The molecule has 0 heterocycles. The van der Waals surface area contributed by atoms with Crippen LogP contribution in [0.15, 0.2) is 36.4 Å². The number of halogens is 1. The summed E-state index contributed by atoms with van der Waals surface area (Å²) in [6.07, 6.45) is 0. The molecule has 5 nitrogen and oxygen atoms in total. The number of carbonyl (C=O) groups is 2. The molecule has 2 aromatic rings. The van der Waals surface area contributed by atoms with Gasteiger partial charge in [-0.15, -0.1) is 0 Å². The van der Waals surface area contributed by atoms with Crippen LogP contribution >= 0.6 is 11.6 Å². The minimum Gasteiger partial charge on any atom is -0.495 e. The van der Waals surface area contributed by atoms with E-state index >= 15 is 0 Å². The van der Waals surface area contributed by atoms with Crippen LogP contribution in [-0.4, -0.2) is 25.0 Å². The molecule has 0 aliphatic rings. The van der Waals surface area contributed by atoms with E-state index in [4.69, 9.17) is 16.3 Å². The van der Waals surface area contributed by atoms with Gasteiger partial charge in [0, 0.05) is 28.3 Å². The van der Waals surface area contributed by atoms with Gasteiger partial charge in [0.2, 0.25) is 0 Å². The number of hydrogen-bond donors (Lipinski definition) is 2. The van der Waals surface area contributed by atoms with Crippen LogP contribution in [0.1, 0.15) is 40.1 Å². The summed E-state index contributed by atoms with van der Waals surface area (Å²) >= 11 is 6.08. The third-order valence-electron chi connectivity index (χ3n) is 3.54. The van der Waals surface area contributed by atoms with Gasteiger partial charge in [0.25, 0.3) is 11.8 Å². The molecule has 0 saturated carbocycles. The van der Waals surface area contributed by atoms with E-state index in [9.17, 15) is 9.59 Å². The Kier molecular flexibility index (Phi) is 6.04. The fourth-order valence-corrected chi connectivity index (χ4v) is 2.43. The summed E-state index contributed by atoms with van der Waals surface area (Å²) in [5.41, 5.74) is 2.15. The van der Waals surface area contributed by atoms with Crippen molar-refractivity contribution in [1.29, 1.82) is 0 Å². The quantitative estimate of drug-likeness (QED) is 0.845. The normalized spacial score (nSPS) is 10.5. The molecule has 2 aromatic carbocycles. The summed E-state index contributed by atoms with van der Waals surface area (Å²) in [6, 6.07) is 9.97. The molecule has 2 N–H and O–H groups in total. The Balaban J connectivity index is 2.25. The van der Waals surface area contributed by atoms with Gasteiger partial charge >= 0.3 is 0 Å². The zero-order chi connectivity index (χ0) is 18.6. The average Bonchev–Trinajstić information content (AvgIpc) is 2.57. The van der Waals surface area contributed by atoms with Crippen molar-refractivity contribution >= 4 is 29.1 Å². The second kappa shape index (κ2) is 8.03. The molecule has 6 heteroatoms. The van der Waals surface area contributed by atoms with Crippen molar-refractivity contribution in [3.05, 3.63) is 58.1 Å². The number of aryl methyl sites for hydroxylation is 1. The smallest absolute Gasteiger partial charge is 0.255 e. The monoisotopic (exact) mass is 360 g/mol. The second-order valence-electron chi connectivity index (χ2n) is 5.96. The lowest BCUT2D eigenvalue weighted by atomic mass is 10.1. The van der Waals surface area contributed by atoms with Gasteiger partial charge in [0.05, 0.1) is 12.8 Å². The Morgan fingerprint density at radius 2 is 1.72 bits per heavy atom. The maximum absolute atomic E-state index is 12.5. The van der Waals surface area contributed by atoms with Crippen LogP contribution in [0.25, 0.3) is 0 Å². The number of hydrogen-bond acceptors (Lipinski definition) is 3. The third-order valence-corrected chi connectivity index (χ3v) is 3.94. The maximum atomic E-state index is 12.5. The van der Waals surface area contributed by atoms with Gasteiger partial charge in [-0.25, -0.2) is 0 Å². The molecule has 0 saturated heterocycles. The molecule has 0 bridgehead atoms. The highest BCUT2D eigenvalue weighted by molar-refractivity contribution is 6.31. The van der Waals surface area contributed by atoms with Crippen molar-refractivity contribution in [2.24, 2.45) is 0 Å². The molecular weight excluding hydrogens is 340 g/mol. The number of nitrogens with one attached hydrogen (secondary N) is 2. The molecule has 132 valence electrons. The third kappa shape index (κ3) is 4.73. The van der Waals surface area contributed by atoms with E-state index in [0.717, 1.165) is 5.56 Å². The van der Waals surface area contributed by atoms with Gasteiger partial charge in [0.1, 0.15) is 5.75 Å². The van der Waals surface area contributed by atoms with Gasteiger partial charge in [-0.3, -0.25) is 9.59 Å². The van der Waals surface area contributed by atoms with Gasteiger partial charge in [-0.1, -0.05) is 17.7 Å². The Bertz CT molecular complexity index is 803. The van der Waals surface area contributed by atoms with Gasteiger partial charge in [-0.05, 0) is 50.6 Å². The Morgan fingerprint density at radius 3 is 2.32 bits per heavy atom. The van der Waals surface area contributed by atoms with Gasteiger partial charge in [-0.2, -0.15) is 0 Å². The fourth-order valence-electron chi connectivity index (χ4n) is 2.27. The van der Waals surface area contributed by atoms with E-state index in [-0.39, 0.29) is 17.9 Å². The molecule has 2 amide bonds. The van der Waals surface area contributed by atoms with E-state index < -0.39 is 0 Å². The molecule has 0 aliphatic carbocycles. The average molecular weight is 361 g/mol. The topological polar surface area (TPSA) is 67.4 Å². The molecule has 2 rings (SSSR count). The highest BCUT2D eigenvalue weighted by Crippen LogP contribution is 2.31. The van der Waals surface area contributed by atoms with Crippen LogP contribution in [0.3, 0.4) is 0 Å². The van der Waals surface area contributed by atoms with E-state index in [0.29, 0.717) is 27.6 Å². The second-order valence-corrected chi connectivity index (χ2v) is 6.37. The first-order valence-corrected chi connectivity index (χ1v) is 8.26. The Morgan fingerprint density at radius 1 is 1.08 bits per heavy atom. The molecule has 0 fully saturated rings. The van der Waals surface area contributed by atoms with Gasteiger partial charge < -0.3 is 15.4 Å². The summed E-state index contributed by atoms with van der Waals surface area (Å²) in [4.78, 5) is 24.6. The van der Waals surface area contributed by atoms with Crippen molar-refractivity contribution in [1.82, 2.24) is 5.32 Å². The van der Waals surface area contributed by atoms with E-state index in [1.54, 1.807) is 36.4 Å². The molecule has 0 unspecified atom stereocenters. The zero-order valence-corrected chi connectivity index (χ0v) is 15.4. The lowest BCUT2D eigenvalue weighted by Crippen LogP contribution is -2.30. The van der Waals surface area contributed by atoms with Crippen LogP contribution in [0, 0.1) is 6.92 Å². The number of methoxy groups -OCH3 is 1. The molecule has 0 aliphatic heterocycles. The number of rotatable bonds is 5. The lowest BCUT2D eigenvalue weighted by molar-refractivity contribution is 0.0943. The minimum atomic E-state index is -0.334. The minimum absolute atomic E-state index is 0.0197. The molecule has 25 heavy (non-hydrogen) atoms.